The fraction of sp³-hybridized carbons (Fsp3) is 0.154. The van der Waals surface area contributed by atoms with Gasteiger partial charge in [-0.2, -0.15) is 4.98 Å². The third-order valence-corrected chi connectivity index (χ3v) is 3.18. The van der Waals surface area contributed by atoms with E-state index < -0.39 is 6.09 Å². The Labute approximate surface area is 119 Å². The molecule has 102 valence electrons. The highest BCUT2D eigenvalue weighted by molar-refractivity contribution is 6.28. The highest BCUT2D eigenvalue weighted by atomic mass is 35.5. The van der Waals surface area contributed by atoms with E-state index in [0.717, 1.165) is 5.57 Å². The monoisotopic (exact) mass is 291 g/mol. The van der Waals surface area contributed by atoms with Crippen LogP contribution in [0.2, 0.25) is 5.28 Å². The normalized spacial score (nSPS) is 17.1. The Morgan fingerprint density at radius 3 is 3.05 bits per heavy atom. The van der Waals surface area contributed by atoms with Crippen molar-refractivity contribution in [3.05, 3.63) is 52.8 Å². The molecule has 1 aromatic heterocycles. The first-order valence-corrected chi connectivity index (χ1v) is 6.28. The Kier molecular flexibility index (Phi) is 3.15. The van der Waals surface area contributed by atoms with Crippen LogP contribution in [0, 0.1) is 0 Å². The highest BCUT2D eigenvalue weighted by Crippen LogP contribution is 2.32. The van der Waals surface area contributed by atoms with Crippen molar-refractivity contribution in [3.63, 3.8) is 0 Å². The standard InChI is InChI=1S/C13H10ClN3O3/c14-12-15-5-3-11(16-12)20-9-1-2-10-8(7-9)4-6-17(10)13(18)19/h1-5H,6-7H2,(H,18,19). The molecule has 1 aromatic rings. The molecule has 1 aliphatic heterocycles. The van der Waals surface area contributed by atoms with E-state index in [1.165, 1.54) is 11.1 Å². The summed E-state index contributed by atoms with van der Waals surface area (Å²) < 4.78 is 5.61. The van der Waals surface area contributed by atoms with Gasteiger partial charge >= 0.3 is 6.09 Å². The molecule has 0 fully saturated rings. The maximum absolute atomic E-state index is 11.0. The van der Waals surface area contributed by atoms with E-state index in [2.05, 4.69) is 9.97 Å². The molecule has 1 aliphatic carbocycles. The molecule has 0 aromatic carbocycles. The summed E-state index contributed by atoms with van der Waals surface area (Å²) in [7, 11) is 0. The highest BCUT2D eigenvalue weighted by Gasteiger charge is 2.27. The van der Waals surface area contributed by atoms with Crippen molar-refractivity contribution in [2.45, 2.75) is 6.42 Å². The predicted octanol–water partition coefficient (Wildman–Crippen LogP) is 2.60. The topological polar surface area (TPSA) is 75.5 Å². The second-order valence-electron chi connectivity index (χ2n) is 4.25. The van der Waals surface area contributed by atoms with E-state index in [9.17, 15) is 4.79 Å². The summed E-state index contributed by atoms with van der Waals surface area (Å²) in [5.41, 5.74) is 1.63. The van der Waals surface area contributed by atoms with Crippen LogP contribution in [-0.4, -0.2) is 32.6 Å². The molecule has 7 heteroatoms. The van der Waals surface area contributed by atoms with E-state index >= 15 is 0 Å². The fourth-order valence-corrected chi connectivity index (χ4v) is 2.26. The van der Waals surface area contributed by atoms with Crippen LogP contribution in [0.1, 0.15) is 6.42 Å². The molecule has 20 heavy (non-hydrogen) atoms. The summed E-state index contributed by atoms with van der Waals surface area (Å²) in [6, 6.07) is 1.61. The Hall–Kier alpha value is -2.34. The van der Waals surface area contributed by atoms with Gasteiger partial charge in [-0.3, -0.25) is 4.90 Å². The number of carbonyl (C=O) groups is 1. The summed E-state index contributed by atoms with van der Waals surface area (Å²) >= 11 is 5.69. The number of fused-ring (bicyclic) bond motifs is 1. The minimum absolute atomic E-state index is 0.118. The van der Waals surface area contributed by atoms with Gasteiger partial charge in [-0.1, -0.05) is 6.08 Å². The zero-order valence-corrected chi connectivity index (χ0v) is 11.0. The largest absolute Gasteiger partial charge is 0.465 e. The lowest BCUT2D eigenvalue weighted by atomic mass is 10.0. The van der Waals surface area contributed by atoms with Crippen molar-refractivity contribution in [1.82, 2.24) is 14.9 Å². The van der Waals surface area contributed by atoms with Crippen LogP contribution < -0.4 is 4.74 Å². The lowest BCUT2D eigenvalue weighted by Gasteiger charge is -2.19. The molecule has 3 rings (SSSR count). The number of amides is 1. The van der Waals surface area contributed by atoms with Gasteiger partial charge in [0.15, 0.2) is 0 Å². The van der Waals surface area contributed by atoms with Gasteiger partial charge in [0.1, 0.15) is 5.76 Å². The number of carboxylic acid groups (broad SMARTS) is 1. The van der Waals surface area contributed by atoms with E-state index in [1.807, 2.05) is 6.08 Å². The van der Waals surface area contributed by atoms with Crippen LogP contribution in [0.25, 0.3) is 0 Å². The van der Waals surface area contributed by atoms with Crippen molar-refractivity contribution in [2.75, 3.05) is 6.54 Å². The van der Waals surface area contributed by atoms with Gasteiger partial charge in [0.05, 0.1) is 5.70 Å². The van der Waals surface area contributed by atoms with Gasteiger partial charge in [0.25, 0.3) is 0 Å². The number of halogens is 1. The summed E-state index contributed by atoms with van der Waals surface area (Å²) in [6.07, 6.45) is 6.43. The number of hydrogen-bond donors (Lipinski definition) is 1. The van der Waals surface area contributed by atoms with Gasteiger partial charge in [0.2, 0.25) is 11.2 Å². The summed E-state index contributed by atoms with van der Waals surface area (Å²) in [5, 5.41) is 9.17. The quantitative estimate of drug-likeness (QED) is 0.848. The maximum atomic E-state index is 11.0. The molecule has 2 heterocycles. The first kappa shape index (κ1) is 12.7. The van der Waals surface area contributed by atoms with E-state index in [0.29, 0.717) is 30.3 Å². The van der Waals surface area contributed by atoms with E-state index in [1.54, 1.807) is 18.2 Å². The van der Waals surface area contributed by atoms with Crippen LogP contribution in [0.4, 0.5) is 4.79 Å². The zero-order chi connectivity index (χ0) is 14.1. The number of aromatic nitrogens is 2. The average molecular weight is 292 g/mol. The van der Waals surface area contributed by atoms with E-state index in [4.69, 9.17) is 21.4 Å². The van der Waals surface area contributed by atoms with Crippen molar-refractivity contribution < 1.29 is 14.6 Å². The second kappa shape index (κ2) is 4.97. The molecule has 1 amide bonds. The average Bonchev–Trinajstić information content (AvgIpc) is 2.82. The van der Waals surface area contributed by atoms with Crippen molar-refractivity contribution in [3.8, 4) is 5.88 Å². The SMILES string of the molecule is O=C(O)N1CC=C2CC(Oc3ccnc(Cl)n3)=CC=C21. The molecule has 0 radical (unpaired) electrons. The van der Waals surface area contributed by atoms with Crippen molar-refractivity contribution in [1.29, 1.82) is 0 Å². The minimum Gasteiger partial charge on any atom is -0.465 e. The van der Waals surface area contributed by atoms with Crippen molar-refractivity contribution >= 4 is 17.7 Å². The van der Waals surface area contributed by atoms with E-state index in [-0.39, 0.29) is 5.28 Å². The van der Waals surface area contributed by atoms with Crippen molar-refractivity contribution in [2.24, 2.45) is 0 Å². The van der Waals surface area contributed by atoms with Gasteiger partial charge in [-0.15, -0.1) is 0 Å². The van der Waals surface area contributed by atoms with Crippen LogP contribution in [0.3, 0.4) is 0 Å². The Balaban J connectivity index is 1.79. The number of rotatable bonds is 2. The van der Waals surface area contributed by atoms with Crippen LogP contribution in [-0.2, 0) is 0 Å². The summed E-state index contributed by atoms with van der Waals surface area (Å²) in [6.45, 7) is 0.372. The number of allylic oxidation sites excluding steroid dienone is 4. The van der Waals surface area contributed by atoms with Gasteiger partial charge < -0.3 is 9.84 Å². The molecule has 0 unspecified atom stereocenters. The smallest absolute Gasteiger partial charge is 0.412 e. The second-order valence-corrected chi connectivity index (χ2v) is 4.59. The Morgan fingerprint density at radius 2 is 2.30 bits per heavy atom. The predicted molar refractivity (Wildman–Crippen MR) is 71.3 cm³/mol. The summed E-state index contributed by atoms with van der Waals surface area (Å²) in [5.74, 6) is 1.05. The molecule has 0 saturated carbocycles. The Morgan fingerprint density at radius 1 is 1.45 bits per heavy atom. The number of ether oxygens (including phenoxy) is 1. The first-order chi connectivity index (χ1) is 9.63. The number of nitrogens with zero attached hydrogens (tertiary/aromatic N) is 3. The third kappa shape index (κ3) is 2.37. The molecule has 0 spiro atoms. The summed E-state index contributed by atoms with van der Waals surface area (Å²) in [4.78, 5) is 20.0. The van der Waals surface area contributed by atoms with Gasteiger partial charge in [0, 0.05) is 25.2 Å². The molecule has 0 atom stereocenters. The molecule has 0 bridgehead atoms. The first-order valence-electron chi connectivity index (χ1n) is 5.90. The fourth-order valence-electron chi connectivity index (χ4n) is 2.12. The molecule has 0 saturated heterocycles. The maximum Gasteiger partial charge on any atom is 0.412 e. The molecule has 1 N–H and O–H groups in total. The van der Waals surface area contributed by atoms with Gasteiger partial charge in [-0.25, -0.2) is 9.78 Å². The molecule has 2 aliphatic rings. The van der Waals surface area contributed by atoms with Crippen LogP contribution >= 0.6 is 11.6 Å². The minimum atomic E-state index is -0.956. The molecular formula is C13H10ClN3O3. The third-order valence-electron chi connectivity index (χ3n) is 3.00. The lowest BCUT2D eigenvalue weighted by molar-refractivity contribution is 0.165. The zero-order valence-electron chi connectivity index (χ0n) is 10.3. The lowest BCUT2D eigenvalue weighted by Crippen LogP contribution is -2.26. The Bertz CT molecular complexity index is 667. The number of hydrogen-bond acceptors (Lipinski definition) is 4. The van der Waals surface area contributed by atoms with Gasteiger partial charge in [-0.05, 0) is 29.3 Å². The molecule has 6 nitrogen and oxygen atoms in total. The van der Waals surface area contributed by atoms with Crippen LogP contribution in [0.15, 0.2) is 47.5 Å². The van der Waals surface area contributed by atoms with Crippen LogP contribution in [0.5, 0.6) is 5.88 Å². The molecular weight excluding hydrogens is 282 g/mol.